The van der Waals surface area contributed by atoms with Crippen molar-refractivity contribution in [2.24, 2.45) is 0 Å². The van der Waals surface area contributed by atoms with Crippen LogP contribution in [0.4, 0.5) is 5.82 Å². The molecule has 0 spiro atoms. The summed E-state index contributed by atoms with van der Waals surface area (Å²) in [5.74, 6) is 0.248. The fourth-order valence-electron chi connectivity index (χ4n) is 1.82. The molecular formula is C15H17ClN6O. The van der Waals surface area contributed by atoms with E-state index in [0.717, 1.165) is 0 Å². The van der Waals surface area contributed by atoms with Crippen molar-refractivity contribution in [3.63, 3.8) is 0 Å². The Morgan fingerprint density at radius 3 is 2.65 bits per heavy atom. The number of nitrogens with zero attached hydrogens (tertiary/aromatic N) is 5. The zero-order chi connectivity index (χ0) is 17.1. The van der Waals surface area contributed by atoms with Crippen molar-refractivity contribution in [1.29, 1.82) is 5.26 Å². The first-order valence-electron chi connectivity index (χ1n) is 7.16. The molecule has 2 aromatic rings. The van der Waals surface area contributed by atoms with Crippen LogP contribution in [0.15, 0.2) is 12.4 Å². The maximum atomic E-state index is 12.4. The predicted molar refractivity (Wildman–Crippen MR) is 86.4 cm³/mol. The molecule has 23 heavy (non-hydrogen) atoms. The van der Waals surface area contributed by atoms with Gasteiger partial charge in [0.1, 0.15) is 17.5 Å². The Labute approximate surface area is 139 Å². The summed E-state index contributed by atoms with van der Waals surface area (Å²) in [6.45, 7) is 7.69. The van der Waals surface area contributed by atoms with Gasteiger partial charge in [-0.1, -0.05) is 25.4 Å². The third kappa shape index (κ3) is 3.66. The summed E-state index contributed by atoms with van der Waals surface area (Å²) in [4.78, 5) is 20.7. The van der Waals surface area contributed by atoms with E-state index in [4.69, 9.17) is 16.9 Å². The maximum absolute atomic E-state index is 12.4. The summed E-state index contributed by atoms with van der Waals surface area (Å²) in [6, 6.07) is 2.08. The number of amides is 1. The number of carbonyl (C=O) groups excluding carboxylic acids is 1. The Balaban J connectivity index is 2.33. The molecule has 2 aromatic heterocycles. The van der Waals surface area contributed by atoms with Gasteiger partial charge < -0.3 is 5.32 Å². The van der Waals surface area contributed by atoms with Crippen LogP contribution in [-0.2, 0) is 0 Å². The van der Waals surface area contributed by atoms with Crippen LogP contribution in [-0.4, -0.2) is 25.7 Å². The molecule has 8 heteroatoms. The predicted octanol–water partition coefficient (Wildman–Crippen LogP) is 3.15. The van der Waals surface area contributed by atoms with Crippen LogP contribution >= 0.6 is 11.6 Å². The number of hydrogen-bond acceptors (Lipinski definition) is 5. The molecule has 0 unspecified atom stereocenters. The summed E-state index contributed by atoms with van der Waals surface area (Å²) >= 11 is 6.01. The van der Waals surface area contributed by atoms with Gasteiger partial charge in [0.2, 0.25) is 0 Å². The van der Waals surface area contributed by atoms with E-state index in [2.05, 4.69) is 20.4 Å². The molecule has 2 rings (SSSR count). The van der Waals surface area contributed by atoms with Crippen LogP contribution in [0.3, 0.4) is 0 Å². The van der Waals surface area contributed by atoms with E-state index in [1.54, 1.807) is 10.9 Å². The van der Waals surface area contributed by atoms with Crippen LogP contribution in [0.5, 0.6) is 0 Å². The van der Waals surface area contributed by atoms with E-state index in [-0.39, 0.29) is 34.1 Å². The molecule has 7 nitrogen and oxygen atoms in total. The second kappa shape index (κ2) is 6.75. The smallest absolute Gasteiger partial charge is 0.277 e. The average molecular weight is 333 g/mol. The highest BCUT2D eigenvalue weighted by atomic mass is 35.5. The van der Waals surface area contributed by atoms with E-state index < -0.39 is 5.91 Å². The Hall–Kier alpha value is -2.46. The van der Waals surface area contributed by atoms with Gasteiger partial charge in [-0.05, 0) is 13.8 Å². The first kappa shape index (κ1) is 16.9. The monoisotopic (exact) mass is 332 g/mol. The molecule has 0 radical (unpaired) electrons. The second-order valence-corrected chi connectivity index (χ2v) is 6.02. The van der Waals surface area contributed by atoms with Crippen molar-refractivity contribution >= 4 is 23.3 Å². The van der Waals surface area contributed by atoms with E-state index in [1.807, 2.05) is 33.8 Å². The molecular weight excluding hydrogens is 316 g/mol. The van der Waals surface area contributed by atoms with Crippen molar-refractivity contribution in [2.45, 2.75) is 39.7 Å². The molecule has 0 aliphatic rings. The highest BCUT2D eigenvalue weighted by molar-refractivity contribution is 6.33. The molecule has 2 heterocycles. The van der Waals surface area contributed by atoms with Gasteiger partial charge in [-0.3, -0.25) is 9.48 Å². The number of halogens is 1. The average Bonchev–Trinajstić information content (AvgIpc) is 2.90. The van der Waals surface area contributed by atoms with Gasteiger partial charge in [-0.25, -0.2) is 9.97 Å². The molecule has 1 N–H and O–H groups in total. The first-order valence-corrected chi connectivity index (χ1v) is 7.54. The molecule has 0 fully saturated rings. The van der Waals surface area contributed by atoms with Gasteiger partial charge in [0.25, 0.3) is 5.91 Å². The Kier molecular flexibility index (Phi) is 4.96. The second-order valence-electron chi connectivity index (χ2n) is 5.61. The van der Waals surface area contributed by atoms with E-state index in [1.165, 1.54) is 6.20 Å². The van der Waals surface area contributed by atoms with Gasteiger partial charge in [0, 0.05) is 18.2 Å². The first-order chi connectivity index (χ1) is 10.8. The lowest BCUT2D eigenvalue weighted by molar-refractivity contribution is 0.102. The molecule has 0 bridgehead atoms. The molecule has 0 saturated carbocycles. The minimum absolute atomic E-state index is 0.0633. The van der Waals surface area contributed by atoms with Crippen molar-refractivity contribution in [1.82, 2.24) is 19.7 Å². The number of carbonyl (C=O) groups is 1. The van der Waals surface area contributed by atoms with E-state index in [0.29, 0.717) is 5.82 Å². The highest BCUT2D eigenvalue weighted by Crippen LogP contribution is 2.20. The molecule has 120 valence electrons. The number of aromatic nitrogens is 4. The van der Waals surface area contributed by atoms with Gasteiger partial charge in [0.05, 0.1) is 11.2 Å². The van der Waals surface area contributed by atoms with Gasteiger partial charge >= 0.3 is 0 Å². The van der Waals surface area contributed by atoms with Crippen molar-refractivity contribution in [3.8, 4) is 6.07 Å². The lowest BCUT2D eigenvalue weighted by Crippen LogP contribution is -2.17. The molecule has 1 amide bonds. The summed E-state index contributed by atoms with van der Waals surface area (Å²) < 4.78 is 1.61. The lowest BCUT2D eigenvalue weighted by atomic mass is 10.2. The summed E-state index contributed by atoms with van der Waals surface area (Å²) in [5, 5.41) is 16.1. The van der Waals surface area contributed by atoms with Crippen molar-refractivity contribution in [3.05, 3.63) is 34.5 Å². The molecule has 0 aliphatic heterocycles. The van der Waals surface area contributed by atoms with Crippen LogP contribution in [0.2, 0.25) is 5.02 Å². The van der Waals surface area contributed by atoms with Gasteiger partial charge in [-0.2, -0.15) is 10.4 Å². The minimum Gasteiger partial charge on any atom is -0.303 e. The fraction of sp³-hybridized carbons (Fsp3) is 0.400. The van der Waals surface area contributed by atoms with Crippen molar-refractivity contribution in [2.75, 3.05) is 5.32 Å². The minimum atomic E-state index is -0.523. The number of nitrogens with one attached hydrogen (secondary N) is 1. The van der Waals surface area contributed by atoms with Gasteiger partial charge in [-0.15, -0.1) is 0 Å². The number of rotatable bonds is 4. The Bertz CT molecular complexity index is 775. The highest BCUT2D eigenvalue weighted by Gasteiger charge is 2.19. The largest absolute Gasteiger partial charge is 0.303 e. The third-order valence-electron chi connectivity index (χ3n) is 3.11. The van der Waals surface area contributed by atoms with Crippen LogP contribution < -0.4 is 5.32 Å². The number of anilines is 1. The zero-order valence-electron chi connectivity index (χ0n) is 13.3. The van der Waals surface area contributed by atoms with Crippen molar-refractivity contribution < 1.29 is 4.79 Å². The quantitative estimate of drug-likeness (QED) is 0.927. The molecule has 0 atom stereocenters. The normalized spacial score (nSPS) is 10.9. The summed E-state index contributed by atoms with van der Waals surface area (Å²) in [5.41, 5.74) is 0.342. The van der Waals surface area contributed by atoms with Crippen LogP contribution in [0.25, 0.3) is 0 Å². The van der Waals surface area contributed by atoms with Crippen LogP contribution in [0.1, 0.15) is 61.5 Å². The lowest BCUT2D eigenvalue weighted by Gasteiger charge is -2.08. The topological polar surface area (TPSA) is 96.5 Å². The molecule has 0 saturated heterocycles. The number of nitriles is 1. The number of hydrogen-bond donors (Lipinski definition) is 1. The molecule has 0 aromatic carbocycles. The van der Waals surface area contributed by atoms with Crippen LogP contribution in [0, 0.1) is 11.3 Å². The van der Waals surface area contributed by atoms with E-state index in [9.17, 15) is 4.79 Å². The Morgan fingerprint density at radius 1 is 1.39 bits per heavy atom. The zero-order valence-corrected chi connectivity index (χ0v) is 14.1. The summed E-state index contributed by atoms with van der Waals surface area (Å²) in [7, 11) is 0. The Morgan fingerprint density at radius 2 is 2.09 bits per heavy atom. The maximum Gasteiger partial charge on any atom is 0.277 e. The van der Waals surface area contributed by atoms with Gasteiger partial charge in [0.15, 0.2) is 11.5 Å². The van der Waals surface area contributed by atoms with E-state index >= 15 is 0 Å². The third-order valence-corrected chi connectivity index (χ3v) is 3.38. The fourth-order valence-corrected chi connectivity index (χ4v) is 1.99. The SMILES string of the molecule is CC(C)c1ncc(Cl)c(C(=O)Nc2nn(C(C)C)cc2C#N)n1. The molecule has 0 aliphatic carbocycles. The summed E-state index contributed by atoms with van der Waals surface area (Å²) in [6.07, 6.45) is 2.98. The standard InChI is InChI=1S/C15H17ClN6O/c1-8(2)13-18-6-11(16)12(19-13)15(23)20-14-10(5-17)7-22(21-14)9(3)4/h6-9H,1-4H3,(H,20,21,23).